The summed E-state index contributed by atoms with van der Waals surface area (Å²) in [4.78, 5) is 9.48. The highest BCUT2D eigenvalue weighted by atomic mass is 16.3. The molecule has 124 valence electrons. The van der Waals surface area contributed by atoms with Gasteiger partial charge in [0.05, 0.1) is 12.3 Å². The summed E-state index contributed by atoms with van der Waals surface area (Å²) in [5.74, 6) is 2.05. The second kappa shape index (κ2) is 7.62. The third-order valence-electron chi connectivity index (χ3n) is 4.53. The van der Waals surface area contributed by atoms with Crippen LogP contribution in [0.25, 0.3) is 0 Å². The summed E-state index contributed by atoms with van der Waals surface area (Å²) >= 11 is 0. The Balaban J connectivity index is 1.51. The molecule has 0 amide bonds. The van der Waals surface area contributed by atoms with E-state index in [1.165, 1.54) is 5.56 Å². The van der Waals surface area contributed by atoms with Crippen LogP contribution in [0.2, 0.25) is 0 Å². The van der Waals surface area contributed by atoms with Crippen LogP contribution in [0.3, 0.4) is 0 Å². The Morgan fingerprint density at radius 1 is 1.22 bits per heavy atom. The summed E-state index contributed by atoms with van der Waals surface area (Å²) < 4.78 is 5.41. The van der Waals surface area contributed by atoms with E-state index in [0.29, 0.717) is 0 Å². The summed E-state index contributed by atoms with van der Waals surface area (Å²) in [6.45, 7) is 10.6. The minimum absolute atomic E-state index is 0.201. The van der Waals surface area contributed by atoms with Crippen LogP contribution < -0.4 is 10.2 Å². The second-order valence-electron chi connectivity index (χ2n) is 6.06. The maximum atomic E-state index is 5.41. The largest absolute Gasteiger partial charge is 0.468 e. The van der Waals surface area contributed by atoms with Crippen LogP contribution in [0.4, 0.5) is 5.82 Å². The summed E-state index contributed by atoms with van der Waals surface area (Å²) in [7, 11) is 0. The minimum Gasteiger partial charge on any atom is -0.468 e. The fraction of sp³-hybridized carbons (Fsp3) is 0.500. The molecule has 0 radical (unpaired) electrons. The van der Waals surface area contributed by atoms with Crippen LogP contribution in [-0.2, 0) is 6.54 Å². The third kappa shape index (κ3) is 4.12. The molecular weight excluding hydrogens is 288 g/mol. The lowest BCUT2D eigenvalue weighted by molar-refractivity contribution is 0.270. The highest BCUT2D eigenvalue weighted by Crippen LogP contribution is 2.16. The third-order valence-corrected chi connectivity index (χ3v) is 4.53. The van der Waals surface area contributed by atoms with Crippen molar-refractivity contribution in [3.63, 3.8) is 0 Å². The number of likely N-dealkylation sites (N-methyl/N-ethyl adjacent to an activating group) is 1. The van der Waals surface area contributed by atoms with E-state index in [1.54, 1.807) is 6.26 Å². The van der Waals surface area contributed by atoms with E-state index in [0.717, 1.165) is 50.8 Å². The average Bonchev–Trinajstić information content (AvgIpc) is 3.15. The number of hydrogen-bond donors (Lipinski definition) is 1. The number of hydrogen-bond acceptors (Lipinski definition) is 5. The first-order valence-electron chi connectivity index (χ1n) is 8.45. The fourth-order valence-electron chi connectivity index (χ4n) is 2.91. The zero-order valence-electron chi connectivity index (χ0n) is 14.0. The molecule has 5 heteroatoms. The van der Waals surface area contributed by atoms with Crippen molar-refractivity contribution in [2.24, 2.45) is 0 Å². The Bertz CT molecular complexity index is 574. The molecule has 1 aliphatic heterocycles. The van der Waals surface area contributed by atoms with E-state index >= 15 is 0 Å². The molecule has 1 aliphatic rings. The molecule has 0 spiro atoms. The van der Waals surface area contributed by atoms with Gasteiger partial charge in [-0.3, -0.25) is 0 Å². The molecular formula is C18H26N4O. The van der Waals surface area contributed by atoms with Gasteiger partial charge in [-0.1, -0.05) is 13.0 Å². The van der Waals surface area contributed by atoms with Crippen molar-refractivity contribution in [2.75, 3.05) is 37.6 Å². The van der Waals surface area contributed by atoms with E-state index in [4.69, 9.17) is 4.42 Å². The average molecular weight is 314 g/mol. The highest BCUT2D eigenvalue weighted by Gasteiger charge is 2.16. The smallest absolute Gasteiger partial charge is 0.128 e. The molecule has 5 nitrogen and oxygen atoms in total. The fourth-order valence-corrected chi connectivity index (χ4v) is 2.91. The van der Waals surface area contributed by atoms with Crippen LogP contribution in [0.1, 0.15) is 31.2 Å². The van der Waals surface area contributed by atoms with Crippen LogP contribution in [0, 0.1) is 0 Å². The summed E-state index contributed by atoms with van der Waals surface area (Å²) in [6.07, 6.45) is 3.69. The van der Waals surface area contributed by atoms with Crippen LogP contribution in [0.15, 0.2) is 41.1 Å². The summed E-state index contributed by atoms with van der Waals surface area (Å²) in [6, 6.07) is 8.41. The molecule has 0 aromatic carbocycles. The number of nitrogens with zero attached hydrogens (tertiary/aromatic N) is 3. The van der Waals surface area contributed by atoms with Crippen molar-refractivity contribution in [1.29, 1.82) is 0 Å². The number of piperazine rings is 1. The Morgan fingerprint density at radius 2 is 2.04 bits per heavy atom. The zero-order chi connectivity index (χ0) is 16.1. The van der Waals surface area contributed by atoms with Gasteiger partial charge in [0.15, 0.2) is 0 Å². The highest BCUT2D eigenvalue weighted by molar-refractivity contribution is 5.39. The molecule has 0 saturated carbocycles. The SMILES string of the molecule is CCN1CCN(c2ccc(CNC(C)c3ccco3)cn2)CC1. The molecule has 1 unspecified atom stereocenters. The van der Waals surface area contributed by atoms with Gasteiger partial charge < -0.3 is 19.5 Å². The summed E-state index contributed by atoms with van der Waals surface area (Å²) in [5.41, 5.74) is 1.19. The van der Waals surface area contributed by atoms with Gasteiger partial charge >= 0.3 is 0 Å². The quantitative estimate of drug-likeness (QED) is 0.888. The van der Waals surface area contributed by atoms with E-state index in [-0.39, 0.29) is 6.04 Å². The predicted octanol–water partition coefficient (Wildman–Crippen LogP) is 2.67. The molecule has 3 heterocycles. The van der Waals surface area contributed by atoms with Gasteiger partial charge in [0.25, 0.3) is 0 Å². The molecule has 1 N–H and O–H groups in total. The van der Waals surface area contributed by atoms with Gasteiger partial charge in [-0.2, -0.15) is 0 Å². The van der Waals surface area contributed by atoms with Crippen molar-refractivity contribution in [1.82, 2.24) is 15.2 Å². The Labute approximate surface area is 138 Å². The van der Waals surface area contributed by atoms with E-state index in [9.17, 15) is 0 Å². The first-order valence-corrected chi connectivity index (χ1v) is 8.45. The number of pyridine rings is 1. The topological polar surface area (TPSA) is 44.5 Å². The molecule has 23 heavy (non-hydrogen) atoms. The second-order valence-corrected chi connectivity index (χ2v) is 6.06. The van der Waals surface area contributed by atoms with Crippen LogP contribution in [0.5, 0.6) is 0 Å². The molecule has 0 bridgehead atoms. The predicted molar refractivity (Wildman–Crippen MR) is 92.5 cm³/mol. The first-order chi connectivity index (χ1) is 11.3. The maximum Gasteiger partial charge on any atom is 0.128 e. The van der Waals surface area contributed by atoms with Gasteiger partial charge in [0.1, 0.15) is 11.6 Å². The number of nitrogens with one attached hydrogen (secondary N) is 1. The van der Waals surface area contributed by atoms with Crippen molar-refractivity contribution < 1.29 is 4.42 Å². The van der Waals surface area contributed by atoms with Gasteiger partial charge in [-0.15, -0.1) is 0 Å². The monoisotopic (exact) mass is 314 g/mol. The van der Waals surface area contributed by atoms with Gasteiger partial charge in [-0.25, -0.2) is 4.98 Å². The number of rotatable bonds is 6. The van der Waals surface area contributed by atoms with Crippen molar-refractivity contribution >= 4 is 5.82 Å². The Kier molecular flexibility index (Phi) is 5.31. The molecule has 3 rings (SSSR count). The normalized spacial score (nSPS) is 17.4. The number of aromatic nitrogens is 1. The number of anilines is 1. The Morgan fingerprint density at radius 3 is 2.65 bits per heavy atom. The van der Waals surface area contributed by atoms with Gasteiger partial charge in [-0.05, 0) is 37.2 Å². The maximum absolute atomic E-state index is 5.41. The molecule has 2 aromatic rings. The molecule has 2 aromatic heterocycles. The first kappa shape index (κ1) is 16.0. The van der Waals surface area contributed by atoms with E-state index < -0.39 is 0 Å². The zero-order valence-corrected chi connectivity index (χ0v) is 14.0. The Hall–Kier alpha value is -1.85. The molecule has 0 aliphatic carbocycles. The summed E-state index contributed by atoms with van der Waals surface area (Å²) in [5, 5.41) is 3.46. The van der Waals surface area contributed by atoms with E-state index in [2.05, 4.69) is 46.1 Å². The van der Waals surface area contributed by atoms with Crippen LogP contribution in [-0.4, -0.2) is 42.6 Å². The lowest BCUT2D eigenvalue weighted by Gasteiger charge is -2.34. The van der Waals surface area contributed by atoms with Crippen LogP contribution >= 0.6 is 0 Å². The number of furan rings is 1. The standard InChI is InChI=1S/C18H26N4O/c1-3-21-8-10-22(11-9-21)18-7-6-16(14-20-18)13-19-15(2)17-5-4-12-23-17/h4-7,12,14-15,19H,3,8-11,13H2,1-2H3. The molecule has 1 atom stereocenters. The molecule has 1 fully saturated rings. The van der Waals surface area contributed by atoms with Crippen molar-refractivity contribution in [3.8, 4) is 0 Å². The van der Waals surface area contributed by atoms with E-state index in [1.807, 2.05) is 18.3 Å². The molecule has 1 saturated heterocycles. The minimum atomic E-state index is 0.201. The van der Waals surface area contributed by atoms with Crippen molar-refractivity contribution in [3.05, 3.63) is 48.0 Å². The van der Waals surface area contributed by atoms with Crippen molar-refractivity contribution in [2.45, 2.75) is 26.4 Å². The van der Waals surface area contributed by atoms with Gasteiger partial charge in [0.2, 0.25) is 0 Å². The van der Waals surface area contributed by atoms with Gasteiger partial charge in [0, 0.05) is 38.9 Å². The lowest BCUT2D eigenvalue weighted by atomic mass is 10.2. The lowest BCUT2D eigenvalue weighted by Crippen LogP contribution is -2.46.